The van der Waals surface area contributed by atoms with E-state index in [-0.39, 0.29) is 0 Å². The molecule has 2 nitrogen and oxygen atoms in total. The fourth-order valence-corrected chi connectivity index (χ4v) is 6.05. The van der Waals surface area contributed by atoms with E-state index in [2.05, 4.69) is 162 Å². The van der Waals surface area contributed by atoms with Gasteiger partial charge in [-0.2, -0.15) is 0 Å². The molecule has 0 aliphatic carbocycles. The third-order valence-corrected chi connectivity index (χ3v) is 7.92. The zero-order chi connectivity index (χ0) is 26.5. The summed E-state index contributed by atoms with van der Waals surface area (Å²) in [5, 5.41) is 11.3. The molecule has 0 aliphatic heterocycles. The third kappa shape index (κ3) is 3.73. The summed E-state index contributed by atoms with van der Waals surface area (Å²) in [7, 11) is 0. The van der Waals surface area contributed by atoms with Crippen LogP contribution in [0.2, 0.25) is 0 Å². The maximum absolute atomic E-state index is 3.67. The van der Waals surface area contributed by atoms with Crippen LogP contribution in [-0.2, 0) is 0 Å². The van der Waals surface area contributed by atoms with Crippen molar-refractivity contribution in [3.05, 3.63) is 152 Å². The summed E-state index contributed by atoms with van der Waals surface area (Å²) >= 11 is 0. The van der Waals surface area contributed by atoms with Gasteiger partial charge in [0, 0.05) is 27.8 Å². The van der Waals surface area contributed by atoms with Crippen LogP contribution in [0, 0.1) is 0 Å². The van der Waals surface area contributed by atoms with Crippen molar-refractivity contribution in [3.63, 3.8) is 0 Å². The minimum absolute atomic E-state index is 1.06. The van der Waals surface area contributed by atoms with Gasteiger partial charge in [0.2, 0.25) is 0 Å². The Bertz CT molecular complexity index is 2150. The second kappa shape index (κ2) is 9.14. The lowest BCUT2D eigenvalue weighted by atomic mass is 9.97. The lowest BCUT2D eigenvalue weighted by Crippen LogP contribution is -1.96. The first-order valence-electron chi connectivity index (χ1n) is 13.7. The van der Waals surface area contributed by atoms with Crippen molar-refractivity contribution in [2.45, 2.75) is 0 Å². The normalized spacial score (nSPS) is 11.5. The van der Waals surface area contributed by atoms with Crippen molar-refractivity contribution in [2.75, 3.05) is 5.32 Å². The van der Waals surface area contributed by atoms with Gasteiger partial charge in [-0.1, -0.05) is 103 Å². The number of fused-ring (bicyclic) bond motifs is 6. The molecule has 188 valence electrons. The first kappa shape index (κ1) is 22.6. The van der Waals surface area contributed by atoms with Gasteiger partial charge in [0.05, 0.1) is 11.0 Å². The Morgan fingerprint density at radius 1 is 0.375 bits per heavy atom. The summed E-state index contributed by atoms with van der Waals surface area (Å²) in [4.78, 5) is 0. The van der Waals surface area contributed by atoms with Crippen LogP contribution in [0.3, 0.4) is 0 Å². The molecule has 0 atom stereocenters. The summed E-state index contributed by atoms with van der Waals surface area (Å²) < 4.78 is 2.35. The van der Waals surface area contributed by atoms with Gasteiger partial charge in [0.15, 0.2) is 0 Å². The average Bonchev–Trinajstić information content (AvgIpc) is 3.35. The molecule has 7 aromatic carbocycles. The van der Waals surface area contributed by atoms with Gasteiger partial charge >= 0.3 is 0 Å². The Balaban J connectivity index is 1.17. The Kier molecular flexibility index (Phi) is 5.17. The molecule has 0 amide bonds. The molecule has 2 heteroatoms. The number of anilines is 2. The zero-order valence-electron chi connectivity index (χ0n) is 21.9. The molecule has 40 heavy (non-hydrogen) atoms. The Hall–Kier alpha value is -5.34. The van der Waals surface area contributed by atoms with E-state index in [0.29, 0.717) is 0 Å². The van der Waals surface area contributed by atoms with Gasteiger partial charge in [-0.05, 0) is 81.2 Å². The van der Waals surface area contributed by atoms with Gasteiger partial charge < -0.3 is 9.88 Å². The number of nitrogens with zero attached hydrogens (tertiary/aromatic N) is 1. The first-order valence-corrected chi connectivity index (χ1v) is 13.7. The molecule has 1 aromatic heterocycles. The predicted molar refractivity (Wildman–Crippen MR) is 171 cm³/mol. The second-order valence-corrected chi connectivity index (χ2v) is 10.3. The molecule has 0 saturated carbocycles. The Morgan fingerprint density at radius 2 is 0.950 bits per heavy atom. The van der Waals surface area contributed by atoms with E-state index < -0.39 is 0 Å². The molecule has 8 rings (SSSR count). The van der Waals surface area contributed by atoms with Gasteiger partial charge in [0.1, 0.15) is 0 Å². The van der Waals surface area contributed by atoms with Crippen LogP contribution in [0.25, 0.3) is 60.2 Å². The highest BCUT2D eigenvalue weighted by molar-refractivity contribution is 6.10. The molecule has 0 spiro atoms. The molecule has 1 N–H and O–H groups in total. The minimum atomic E-state index is 1.06. The molecule has 1 heterocycles. The molecular formula is C38H26N2. The van der Waals surface area contributed by atoms with Crippen molar-refractivity contribution >= 4 is 54.7 Å². The van der Waals surface area contributed by atoms with E-state index >= 15 is 0 Å². The number of rotatable bonds is 4. The van der Waals surface area contributed by atoms with Crippen molar-refractivity contribution in [1.82, 2.24) is 4.57 Å². The van der Waals surface area contributed by atoms with Crippen LogP contribution in [0.5, 0.6) is 0 Å². The third-order valence-electron chi connectivity index (χ3n) is 7.92. The number of aromatic nitrogens is 1. The second-order valence-electron chi connectivity index (χ2n) is 10.3. The highest BCUT2D eigenvalue weighted by Crippen LogP contribution is 2.34. The maximum Gasteiger partial charge on any atom is 0.0541 e. The molecule has 0 unspecified atom stereocenters. The van der Waals surface area contributed by atoms with E-state index in [0.717, 1.165) is 17.1 Å². The topological polar surface area (TPSA) is 17.0 Å². The molecule has 0 fully saturated rings. The van der Waals surface area contributed by atoms with Crippen LogP contribution in [0.4, 0.5) is 11.4 Å². The maximum atomic E-state index is 3.67. The van der Waals surface area contributed by atoms with Crippen LogP contribution >= 0.6 is 0 Å². The van der Waals surface area contributed by atoms with Crippen molar-refractivity contribution < 1.29 is 0 Å². The smallest absolute Gasteiger partial charge is 0.0541 e. The number of para-hydroxylation sites is 2. The van der Waals surface area contributed by atoms with Crippen LogP contribution in [-0.4, -0.2) is 4.57 Å². The fourth-order valence-electron chi connectivity index (χ4n) is 6.05. The van der Waals surface area contributed by atoms with Crippen molar-refractivity contribution in [1.29, 1.82) is 0 Å². The minimum Gasteiger partial charge on any atom is -0.355 e. The summed E-state index contributed by atoms with van der Waals surface area (Å²) in [6, 6.07) is 54.4. The highest BCUT2D eigenvalue weighted by Gasteiger charge is 2.12. The fraction of sp³-hybridized carbons (Fsp3) is 0. The van der Waals surface area contributed by atoms with Crippen LogP contribution < -0.4 is 5.32 Å². The van der Waals surface area contributed by atoms with Gasteiger partial charge in [0.25, 0.3) is 0 Å². The van der Waals surface area contributed by atoms with Crippen LogP contribution in [0.15, 0.2) is 152 Å². The van der Waals surface area contributed by atoms with Crippen molar-refractivity contribution in [2.24, 2.45) is 0 Å². The monoisotopic (exact) mass is 510 g/mol. The summed E-state index contributed by atoms with van der Waals surface area (Å²) in [5.74, 6) is 0. The quantitative estimate of drug-likeness (QED) is 0.233. The van der Waals surface area contributed by atoms with Crippen molar-refractivity contribution in [3.8, 4) is 16.8 Å². The lowest BCUT2D eigenvalue weighted by molar-refractivity contribution is 1.18. The number of hydrogen-bond donors (Lipinski definition) is 1. The van der Waals surface area contributed by atoms with E-state index in [1.54, 1.807) is 0 Å². The number of benzene rings is 7. The molecular weight excluding hydrogens is 484 g/mol. The molecule has 0 saturated heterocycles. The molecule has 8 aromatic rings. The predicted octanol–water partition coefficient (Wildman–Crippen LogP) is 10.5. The van der Waals surface area contributed by atoms with Gasteiger partial charge in [-0.3, -0.25) is 0 Å². The molecule has 0 radical (unpaired) electrons. The van der Waals surface area contributed by atoms with Crippen LogP contribution in [0.1, 0.15) is 0 Å². The lowest BCUT2D eigenvalue weighted by Gasteiger charge is -2.13. The average molecular weight is 511 g/mol. The molecule has 0 bridgehead atoms. The summed E-state index contributed by atoms with van der Waals surface area (Å²) in [6.07, 6.45) is 0. The zero-order valence-corrected chi connectivity index (χ0v) is 21.9. The summed E-state index contributed by atoms with van der Waals surface area (Å²) in [5.41, 5.74) is 8.10. The standard InChI is InChI=1S/C38H26N2/c1-2-14-33-26(9-1)19-20-27-21-22-29(24-36(27)33)28-10-7-11-30(23-28)39-31-12-8-13-32(25-31)40-37-17-5-3-15-34(37)35-16-4-6-18-38(35)40/h1-25,39H. The Morgan fingerprint density at radius 3 is 1.73 bits per heavy atom. The number of nitrogens with one attached hydrogen (secondary N) is 1. The first-order chi connectivity index (χ1) is 19.8. The highest BCUT2D eigenvalue weighted by atomic mass is 15.0. The largest absolute Gasteiger partial charge is 0.355 e. The Labute approximate surface area is 232 Å². The van der Waals surface area contributed by atoms with Gasteiger partial charge in [-0.25, -0.2) is 0 Å². The van der Waals surface area contributed by atoms with E-state index in [4.69, 9.17) is 0 Å². The number of hydrogen-bond acceptors (Lipinski definition) is 1. The summed E-state index contributed by atoms with van der Waals surface area (Å²) in [6.45, 7) is 0. The van der Waals surface area contributed by atoms with E-state index in [9.17, 15) is 0 Å². The SMILES string of the molecule is c1cc(Nc2cccc(-n3c4ccccc4c4ccccc43)c2)cc(-c2ccc3ccc4ccccc4c3c2)c1. The molecule has 0 aliphatic rings. The van der Waals surface area contributed by atoms with E-state index in [1.165, 1.54) is 54.5 Å². The van der Waals surface area contributed by atoms with E-state index in [1.807, 2.05) is 0 Å². The van der Waals surface area contributed by atoms with Gasteiger partial charge in [-0.15, -0.1) is 0 Å².